The number of carbonyl (C=O) groups is 1. The Bertz CT molecular complexity index is 284. The topological polar surface area (TPSA) is 55.8 Å². The van der Waals surface area contributed by atoms with Crippen molar-refractivity contribution in [2.24, 2.45) is 0 Å². The molecule has 1 fully saturated rings. The maximum absolute atomic E-state index is 11.8. The van der Waals surface area contributed by atoms with E-state index >= 15 is 0 Å². The van der Waals surface area contributed by atoms with Gasteiger partial charge in [0.15, 0.2) is 0 Å². The van der Waals surface area contributed by atoms with Crippen LogP contribution in [-0.2, 0) is 0 Å². The average molecular weight is 257 g/mol. The maximum Gasteiger partial charge on any atom is 0.317 e. The second-order valence-corrected chi connectivity index (χ2v) is 6.10. The van der Waals surface area contributed by atoms with Crippen molar-refractivity contribution in [3.8, 4) is 0 Å². The van der Waals surface area contributed by atoms with Crippen molar-refractivity contribution >= 4 is 6.03 Å². The van der Waals surface area contributed by atoms with Crippen molar-refractivity contribution < 1.29 is 9.90 Å². The van der Waals surface area contributed by atoms with Gasteiger partial charge in [-0.1, -0.05) is 0 Å². The Morgan fingerprint density at radius 1 is 1.44 bits per heavy atom. The highest BCUT2D eigenvalue weighted by Crippen LogP contribution is 2.26. The molecule has 2 amide bonds. The molecular formula is C13H27N3O2. The predicted octanol–water partition coefficient (Wildman–Crippen LogP) is 0.881. The lowest BCUT2D eigenvalue weighted by atomic mass is 10.1. The molecule has 0 radical (unpaired) electrons. The summed E-state index contributed by atoms with van der Waals surface area (Å²) < 4.78 is 0. The maximum atomic E-state index is 11.8. The quantitative estimate of drug-likeness (QED) is 0.743. The van der Waals surface area contributed by atoms with E-state index in [9.17, 15) is 9.90 Å². The van der Waals surface area contributed by atoms with E-state index in [4.69, 9.17) is 0 Å². The largest absolute Gasteiger partial charge is 0.389 e. The number of carbonyl (C=O) groups excluding carboxylic acids is 1. The molecule has 5 heteroatoms. The highest BCUT2D eigenvalue weighted by atomic mass is 16.3. The summed E-state index contributed by atoms with van der Waals surface area (Å²) >= 11 is 0. The normalized spacial score (nSPS) is 17.7. The van der Waals surface area contributed by atoms with E-state index in [1.165, 1.54) is 17.7 Å². The lowest BCUT2D eigenvalue weighted by Crippen LogP contribution is -2.48. The van der Waals surface area contributed by atoms with Crippen LogP contribution in [0.5, 0.6) is 0 Å². The summed E-state index contributed by atoms with van der Waals surface area (Å²) in [5.41, 5.74) is -0.859. The van der Waals surface area contributed by atoms with Crippen LogP contribution >= 0.6 is 0 Å². The number of nitrogens with one attached hydrogen (secondary N) is 1. The first-order valence-electron chi connectivity index (χ1n) is 6.64. The van der Waals surface area contributed by atoms with Gasteiger partial charge in [0.25, 0.3) is 0 Å². The summed E-state index contributed by atoms with van der Waals surface area (Å²) in [6.45, 7) is 6.48. The molecule has 0 aromatic carbocycles. The van der Waals surface area contributed by atoms with Crippen LogP contribution in [0.1, 0.15) is 33.6 Å². The van der Waals surface area contributed by atoms with E-state index in [-0.39, 0.29) is 6.03 Å². The van der Waals surface area contributed by atoms with Gasteiger partial charge in [0.05, 0.1) is 12.1 Å². The van der Waals surface area contributed by atoms with Gasteiger partial charge in [-0.25, -0.2) is 4.79 Å². The number of hydrogen-bond donors (Lipinski definition) is 2. The van der Waals surface area contributed by atoms with Crippen LogP contribution in [-0.4, -0.2) is 65.8 Å². The molecule has 106 valence electrons. The first-order chi connectivity index (χ1) is 8.20. The minimum atomic E-state index is -0.859. The number of urea groups is 1. The molecule has 1 saturated carbocycles. The number of rotatable bonds is 6. The molecule has 1 unspecified atom stereocenters. The summed E-state index contributed by atoms with van der Waals surface area (Å²) in [6.07, 6.45) is 2.54. The van der Waals surface area contributed by atoms with E-state index in [1.54, 1.807) is 20.9 Å². The lowest BCUT2D eigenvalue weighted by Gasteiger charge is -2.28. The van der Waals surface area contributed by atoms with Gasteiger partial charge >= 0.3 is 6.03 Å². The smallest absolute Gasteiger partial charge is 0.317 e. The Morgan fingerprint density at radius 3 is 2.44 bits per heavy atom. The minimum absolute atomic E-state index is 0.131. The molecule has 1 atom stereocenters. The SMILES string of the molecule is CC(CNC(=O)N(C)CC(C)(C)O)N(C)C1CC1. The third-order valence-electron chi connectivity index (χ3n) is 3.34. The van der Waals surface area contributed by atoms with Crippen LogP contribution in [0.25, 0.3) is 0 Å². The molecule has 5 nitrogen and oxygen atoms in total. The molecule has 1 aliphatic rings. The van der Waals surface area contributed by atoms with Gasteiger partial charge in [-0.05, 0) is 40.7 Å². The lowest BCUT2D eigenvalue weighted by molar-refractivity contribution is 0.0529. The van der Waals surface area contributed by atoms with Crippen molar-refractivity contribution in [2.75, 3.05) is 27.2 Å². The Kier molecular flexibility index (Phi) is 4.99. The van der Waals surface area contributed by atoms with E-state index < -0.39 is 5.60 Å². The number of hydrogen-bond acceptors (Lipinski definition) is 3. The van der Waals surface area contributed by atoms with Crippen LogP contribution in [0.3, 0.4) is 0 Å². The molecule has 1 rings (SSSR count). The van der Waals surface area contributed by atoms with Crippen molar-refractivity contribution in [1.29, 1.82) is 0 Å². The Morgan fingerprint density at radius 2 is 2.00 bits per heavy atom. The van der Waals surface area contributed by atoms with E-state index in [0.29, 0.717) is 25.2 Å². The van der Waals surface area contributed by atoms with Crippen LogP contribution in [0, 0.1) is 0 Å². The summed E-state index contributed by atoms with van der Waals surface area (Å²) in [6, 6.07) is 0.913. The zero-order chi connectivity index (χ0) is 13.9. The van der Waals surface area contributed by atoms with Crippen molar-refractivity contribution in [2.45, 2.75) is 51.3 Å². The molecule has 0 aliphatic heterocycles. The zero-order valence-corrected chi connectivity index (χ0v) is 12.2. The summed E-state index contributed by atoms with van der Waals surface area (Å²) in [7, 11) is 3.80. The molecular weight excluding hydrogens is 230 g/mol. The molecule has 0 spiro atoms. The Hall–Kier alpha value is -0.810. The van der Waals surface area contributed by atoms with E-state index in [0.717, 1.165) is 0 Å². The number of nitrogens with zero attached hydrogens (tertiary/aromatic N) is 2. The van der Waals surface area contributed by atoms with Crippen LogP contribution in [0.4, 0.5) is 4.79 Å². The van der Waals surface area contributed by atoms with Crippen molar-refractivity contribution in [3.63, 3.8) is 0 Å². The third-order valence-corrected chi connectivity index (χ3v) is 3.34. The van der Waals surface area contributed by atoms with Gasteiger partial charge in [0.2, 0.25) is 0 Å². The van der Waals surface area contributed by atoms with Crippen molar-refractivity contribution in [3.05, 3.63) is 0 Å². The first-order valence-corrected chi connectivity index (χ1v) is 6.64. The average Bonchev–Trinajstić information content (AvgIpc) is 3.05. The van der Waals surface area contributed by atoms with Crippen LogP contribution in [0.2, 0.25) is 0 Å². The summed E-state index contributed by atoms with van der Waals surface area (Å²) in [4.78, 5) is 15.7. The molecule has 0 heterocycles. The monoisotopic (exact) mass is 257 g/mol. The van der Waals surface area contributed by atoms with Gasteiger partial charge in [-0.2, -0.15) is 0 Å². The van der Waals surface area contributed by atoms with E-state index in [1.807, 2.05) is 0 Å². The summed E-state index contributed by atoms with van der Waals surface area (Å²) in [5.74, 6) is 0. The minimum Gasteiger partial charge on any atom is -0.389 e. The molecule has 0 aromatic rings. The zero-order valence-electron chi connectivity index (χ0n) is 12.2. The first kappa shape index (κ1) is 15.2. The fraction of sp³-hybridized carbons (Fsp3) is 0.923. The second-order valence-electron chi connectivity index (χ2n) is 6.10. The molecule has 1 aliphatic carbocycles. The van der Waals surface area contributed by atoms with Gasteiger partial charge in [0.1, 0.15) is 0 Å². The van der Waals surface area contributed by atoms with Crippen LogP contribution < -0.4 is 5.32 Å². The van der Waals surface area contributed by atoms with Gasteiger partial charge in [-0.15, -0.1) is 0 Å². The fourth-order valence-corrected chi connectivity index (χ4v) is 2.01. The second kappa shape index (κ2) is 5.89. The Balaban J connectivity index is 2.27. The number of amides is 2. The molecule has 0 aromatic heterocycles. The van der Waals surface area contributed by atoms with Gasteiger partial charge < -0.3 is 15.3 Å². The number of aliphatic hydroxyl groups is 1. The van der Waals surface area contributed by atoms with Crippen LogP contribution in [0.15, 0.2) is 0 Å². The Labute approximate surface area is 110 Å². The standard InChI is InChI=1S/C13H27N3O2/c1-10(16(5)11-6-7-11)8-14-12(17)15(4)9-13(2,3)18/h10-11,18H,6-9H2,1-5H3,(H,14,17). The predicted molar refractivity (Wildman–Crippen MR) is 72.6 cm³/mol. The van der Waals surface area contributed by atoms with Gasteiger partial charge in [-0.3, -0.25) is 4.90 Å². The fourth-order valence-electron chi connectivity index (χ4n) is 2.01. The molecule has 0 bridgehead atoms. The highest BCUT2D eigenvalue weighted by molar-refractivity contribution is 5.73. The van der Waals surface area contributed by atoms with Gasteiger partial charge in [0, 0.05) is 25.7 Å². The summed E-state index contributed by atoms with van der Waals surface area (Å²) in [5, 5.41) is 12.6. The molecule has 2 N–H and O–H groups in total. The number of likely N-dealkylation sites (N-methyl/N-ethyl adjacent to an activating group) is 2. The highest BCUT2D eigenvalue weighted by Gasteiger charge is 2.29. The molecule has 18 heavy (non-hydrogen) atoms. The van der Waals surface area contributed by atoms with E-state index in [2.05, 4.69) is 24.2 Å². The third kappa shape index (κ3) is 5.23. The van der Waals surface area contributed by atoms with Crippen molar-refractivity contribution in [1.82, 2.24) is 15.1 Å². The molecule has 0 saturated heterocycles.